The van der Waals surface area contributed by atoms with E-state index < -0.39 is 18.0 Å². The number of nitrogens with one attached hydrogen (secondary N) is 1. The Balaban J connectivity index is 1.78. The Hall–Kier alpha value is -2.00. The Morgan fingerprint density at radius 2 is 2.00 bits per heavy atom. The van der Waals surface area contributed by atoms with Gasteiger partial charge in [-0.3, -0.25) is 19.3 Å². The molecule has 2 rings (SSSR count). The zero-order chi connectivity index (χ0) is 18.4. The second kappa shape index (κ2) is 8.91. The normalized spacial score (nSPS) is 15.2. The van der Waals surface area contributed by atoms with Crippen molar-refractivity contribution in [1.29, 1.82) is 0 Å². The number of carbonyl (C=O) groups is 4. The van der Waals surface area contributed by atoms with Crippen molar-refractivity contribution in [3.05, 3.63) is 29.8 Å². The fourth-order valence-electron chi connectivity index (χ4n) is 2.04. The first kappa shape index (κ1) is 19.3. The minimum absolute atomic E-state index is 0.104. The van der Waals surface area contributed by atoms with E-state index in [4.69, 9.17) is 4.74 Å². The molecule has 0 radical (unpaired) electrons. The maximum Gasteiger partial charge on any atom is 0.338 e. The van der Waals surface area contributed by atoms with Crippen LogP contribution in [-0.4, -0.2) is 59.1 Å². The summed E-state index contributed by atoms with van der Waals surface area (Å²) in [5.41, 5.74) is 0.364. The first-order valence-electron chi connectivity index (χ1n) is 7.52. The quantitative estimate of drug-likeness (QED) is 0.567. The van der Waals surface area contributed by atoms with Gasteiger partial charge in [-0.15, -0.1) is 11.8 Å². The highest BCUT2D eigenvalue weighted by Gasteiger charge is 2.29. The standard InChI is InChI=1S/C16H18N2O5S2/c1-10(23-15(21)11-3-5-12(24-2)6-4-11)14(20)17-7-8-18-13(19)9-25-16(18)22/h3-6,10H,7-9H2,1-2H3,(H,17,20)/t10-/m0/s1. The van der Waals surface area contributed by atoms with E-state index >= 15 is 0 Å². The second-order valence-electron chi connectivity index (χ2n) is 5.17. The number of benzene rings is 1. The largest absolute Gasteiger partial charge is 0.449 e. The number of ether oxygens (including phenoxy) is 1. The number of imide groups is 1. The molecule has 134 valence electrons. The molecule has 0 unspecified atom stereocenters. The molecule has 3 amide bonds. The van der Waals surface area contributed by atoms with Gasteiger partial charge in [0.15, 0.2) is 6.10 Å². The van der Waals surface area contributed by atoms with Crippen LogP contribution in [0, 0.1) is 0 Å². The lowest BCUT2D eigenvalue weighted by Gasteiger charge is -2.16. The third-order valence-corrected chi connectivity index (χ3v) is 5.06. The minimum atomic E-state index is -0.980. The highest BCUT2D eigenvalue weighted by Crippen LogP contribution is 2.18. The third-order valence-electron chi connectivity index (χ3n) is 3.45. The molecule has 0 saturated carbocycles. The smallest absolute Gasteiger partial charge is 0.338 e. The Labute approximate surface area is 153 Å². The van der Waals surface area contributed by atoms with Gasteiger partial charge in [-0.1, -0.05) is 11.8 Å². The fourth-order valence-corrected chi connectivity index (χ4v) is 3.20. The number of carbonyl (C=O) groups excluding carboxylic acids is 4. The van der Waals surface area contributed by atoms with E-state index in [1.54, 1.807) is 36.0 Å². The first-order chi connectivity index (χ1) is 11.9. The predicted molar refractivity (Wildman–Crippen MR) is 95.7 cm³/mol. The summed E-state index contributed by atoms with van der Waals surface area (Å²) in [6.45, 7) is 1.68. The topological polar surface area (TPSA) is 92.8 Å². The van der Waals surface area contributed by atoms with E-state index in [1.807, 2.05) is 6.26 Å². The average Bonchev–Trinajstić information content (AvgIpc) is 2.93. The van der Waals surface area contributed by atoms with E-state index in [9.17, 15) is 19.2 Å². The second-order valence-corrected chi connectivity index (χ2v) is 6.97. The zero-order valence-corrected chi connectivity index (χ0v) is 15.4. The maximum atomic E-state index is 12.0. The van der Waals surface area contributed by atoms with Gasteiger partial charge >= 0.3 is 5.97 Å². The van der Waals surface area contributed by atoms with Gasteiger partial charge in [-0.05, 0) is 37.4 Å². The van der Waals surface area contributed by atoms with E-state index in [0.717, 1.165) is 21.6 Å². The van der Waals surface area contributed by atoms with Crippen LogP contribution in [0.25, 0.3) is 0 Å². The zero-order valence-electron chi connectivity index (χ0n) is 13.8. The summed E-state index contributed by atoms with van der Waals surface area (Å²) in [6, 6.07) is 6.88. The summed E-state index contributed by atoms with van der Waals surface area (Å²) in [5, 5.41) is 2.24. The van der Waals surface area contributed by atoms with Crippen molar-refractivity contribution in [2.45, 2.75) is 17.9 Å². The van der Waals surface area contributed by atoms with Gasteiger partial charge in [0.2, 0.25) is 5.91 Å². The molecule has 1 atom stereocenters. The number of thioether (sulfide) groups is 2. The van der Waals surface area contributed by atoms with Crippen molar-refractivity contribution in [1.82, 2.24) is 10.2 Å². The Morgan fingerprint density at radius 3 is 2.56 bits per heavy atom. The molecule has 25 heavy (non-hydrogen) atoms. The Kier molecular flexibility index (Phi) is 6.89. The Morgan fingerprint density at radius 1 is 1.32 bits per heavy atom. The lowest BCUT2D eigenvalue weighted by Crippen LogP contribution is -2.41. The van der Waals surface area contributed by atoms with E-state index in [2.05, 4.69) is 5.32 Å². The van der Waals surface area contributed by atoms with Crippen LogP contribution < -0.4 is 5.32 Å². The molecule has 1 aliphatic heterocycles. The van der Waals surface area contributed by atoms with Gasteiger partial charge in [0.25, 0.3) is 11.1 Å². The first-order valence-corrected chi connectivity index (χ1v) is 9.73. The lowest BCUT2D eigenvalue weighted by atomic mass is 10.2. The molecular weight excluding hydrogens is 364 g/mol. The van der Waals surface area contributed by atoms with Gasteiger partial charge in [0.05, 0.1) is 11.3 Å². The van der Waals surface area contributed by atoms with Crippen LogP contribution in [-0.2, 0) is 14.3 Å². The molecule has 1 N–H and O–H groups in total. The van der Waals surface area contributed by atoms with Crippen molar-refractivity contribution in [3.63, 3.8) is 0 Å². The van der Waals surface area contributed by atoms with Crippen LogP contribution in [0.5, 0.6) is 0 Å². The third kappa shape index (κ3) is 5.23. The highest BCUT2D eigenvalue weighted by molar-refractivity contribution is 8.14. The average molecular weight is 382 g/mol. The summed E-state index contributed by atoms with van der Waals surface area (Å²) in [5.74, 6) is -1.20. The van der Waals surface area contributed by atoms with E-state index in [1.165, 1.54) is 6.92 Å². The van der Waals surface area contributed by atoms with Gasteiger partial charge in [0.1, 0.15) is 0 Å². The molecule has 1 fully saturated rings. The molecular formula is C16H18N2O5S2. The van der Waals surface area contributed by atoms with Crippen LogP contribution in [0.15, 0.2) is 29.2 Å². The van der Waals surface area contributed by atoms with Gasteiger partial charge in [-0.25, -0.2) is 4.79 Å². The molecule has 1 aromatic carbocycles. The summed E-state index contributed by atoms with van der Waals surface area (Å²) in [6.07, 6.45) is 0.953. The van der Waals surface area contributed by atoms with Crippen molar-refractivity contribution >= 4 is 46.5 Å². The maximum absolute atomic E-state index is 12.0. The molecule has 0 bridgehead atoms. The number of nitrogens with zero attached hydrogens (tertiary/aromatic N) is 1. The van der Waals surface area contributed by atoms with Crippen molar-refractivity contribution < 1.29 is 23.9 Å². The summed E-state index contributed by atoms with van der Waals surface area (Å²) < 4.78 is 5.13. The van der Waals surface area contributed by atoms with Crippen LogP contribution in [0.3, 0.4) is 0 Å². The Bertz CT molecular complexity index is 662. The van der Waals surface area contributed by atoms with Gasteiger partial charge < -0.3 is 10.1 Å². The lowest BCUT2D eigenvalue weighted by molar-refractivity contribution is -0.130. The molecule has 7 nitrogen and oxygen atoms in total. The van der Waals surface area contributed by atoms with E-state index in [0.29, 0.717) is 5.56 Å². The highest BCUT2D eigenvalue weighted by atomic mass is 32.2. The van der Waals surface area contributed by atoms with Crippen LogP contribution in [0.2, 0.25) is 0 Å². The SMILES string of the molecule is CSc1ccc(C(=O)O[C@@H](C)C(=O)NCCN2C(=O)CSC2=O)cc1. The van der Waals surface area contributed by atoms with Crippen LogP contribution >= 0.6 is 23.5 Å². The number of rotatable bonds is 7. The molecule has 1 aromatic rings. The van der Waals surface area contributed by atoms with Crippen LogP contribution in [0.1, 0.15) is 17.3 Å². The molecule has 9 heteroatoms. The molecule has 1 heterocycles. The minimum Gasteiger partial charge on any atom is -0.449 e. The summed E-state index contributed by atoms with van der Waals surface area (Å²) >= 11 is 2.50. The van der Waals surface area contributed by atoms with Gasteiger partial charge in [-0.2, -0.15) is 0 Å². The molecule has 0 aliphatic carbocycles. The predicted octanol–water partition coefficient (Wildman–Crippen LogP) is 1.77. The van der Waals surface area contributed by atoms with Gasteiger partial charge in [0, 0.05) is 18.0 Å². The van der Waals surface area contributed by atoms with Crippen molar-refractivity contribution in [2.24, 2.45) is 0 Å². The molecule has 0 aromatic heterocycles. The molecule has 1 aliphatic rings. The monoisotopic (exact) mass is 382 g/mol. The molecule has 0 spiro atoms. The summed E-state index contributed by atoms with van der Waals surface area (Å²) in [4.78, 5) is 49.0. The summed E-state index contributed by atoms with van der Waals surface area (Å²) in [7, 11) is 0. The number of amides is 3. The molecule has 1 saturated heterocycles. The number of hydrogen-bond donors (Lipinski definition) is 1. The van der Waals surface area contributed by atoms with E-state index in [-0.39, 0.29) is 30.0 Å². The van der Waals surface area contributed by atoms with Crippen molar-refractivity contribution in [3.8, 4) is 0 Å². The van der Waals surface area contributed by atoms with Crippen molar-refractivity contribution in [2.75, 3.05) is 25.1 Å². The number of hydrogen-bond acceptors (Lipinski definition) is 7. The fraction of sp³-hybridized carbons (Fsp3) is 0.375. The van der Waals surface area contributed by atoms with Crippen LogP contribution in [0.4, 0.5) is 4.79 Å². The number of esters is 1.